The van der Waals surface area contributed by atoms with Crippen LogP contribution < -0.4 is 5.43 Å². The van der Waals surface area contributed by atoms with Gasteiger partial charge in [0.1, 0.15) is 11.4 Å². The molecule has 0 bridgehead atoms. The van der Waals surface area contributed by atoms with Gasteiger partial charge in [-0.2, -0.15) is 13.2 Å². The number of benzene rings is 1. The molecule has 5 nitrogen and oxygen atoms in total. The number of aromatic amines is 1. The van der Waals surface area contributed by atoms with Gasteiger partial charge in [-0.05, 0) is 18.2 Å². The number of fused-ring (bicyclic) bond motifs is 1. The molecule has 1 aliphatic rings. The van der Waals surface area contributed by atoms with Gasteiger partial charge in [0.15, 0.2) is 6.10 Å². The maximum Gasteiger partial charge on any atom is 0.416 e. The number of rotatable bonds is 1. The van der Waals surface area contributed by atoms with Crippen LogP contribution in [0.2, 0.25) is 0 Å². The topological polar surface area (TPSA) is 62.4 Å². The highest BCUT2D eigenvalue weighted by molar-refractivity contribution is 5.97. The SMILES string of the molecule is O=C(c1c[nH]c2ccc(F)cc2c1=O)N1CCO[C@H](C(F)(F)F)C1. The van der Waals surface area contributed by atoms with Gasteiger partial charge >= 0.3 is 6.18 Å². The first kappa shape index (κ1) is 16.4. The molecule has 0 saturated carbocycles. The van der Waals surface area contributed by atoms with E-state index in [1.165, 1.54) is 6.07 Å². The van der Waals surface area contributed by atoms with E-state index in [2.05, 4.69) is 9.72 Å². The number of hydrogen-bond donors (Lipinski definition) is 1. The lowest BCUT2D eigenvalue weighted by Crippen LogP contribution is -2.51. The van der Waals surface area contributed by atoms with Crippen LogP contribution in [0.3, 0.4) is 0 Å². The minimum absolute atomic E-state index is 0.0403. The van der Waals surface area contributed by atoms with Crippen LogP contribution in [0.15, 0.2) is 29.2 Å². The number of amides is 1. The van der Waals surface area contributed by atoms with E-state index in [4.69, 9.17) is 0 Å². The van der Waals surface area contributed by atoms with Crippen LogP contribution in [0, 0.1) is 5.82 Å². The van der Waals surface area contributed by atoms with E-state index in [1.54, 1.807) is 0 Å². The molecule has 1 saturated heterocycles. The van der Waals surface area contributed by atoms with Crippen molar-refractivity contribution in [1.29, 1.82) is 0 Å². The van der Waals surface area contributed by atoms with Crippen molar-refractivity contribution in [3.63, 3.8) is 0 Å². The second-order valence-corrected chi connectivity index (χ2v) is 5.37. The number of nitrogens with one attached hydrogen (secondary N) is 1. The Bertz CT molecular complexity index is 847. The molecule has 1 aliphatic heterocycles. The largest absolute Gasteiger partial charge is 0.416 e. The van der Waals surface area contributed by atoms with E-state index in [-0.39, 0.29) is 24.1 Å². The van der Waals surface area contributed by atoms with Crippen molar-refractivity contribution >= 4 is 16.8 Å². The summed E-state index contributed by atoms with van der Waals surface area (Å²) in [5.74, 6) is -1.50. The molecule has 0 radical (unpaired) electrons. The molecule has 2 aromatic rings. The highest BCUT2D eigenvalue weighted by Crippen LogP contribution is 2.26. The molecule has 1 aromatic heterocycles. The Hall–Kier alpha value is -2.42. The number of carbonyl (C=O) groups is 1. The average molecular weight is 344 g/mol. The average Bonchev–Trinajstić information content (AvgIpc) is 2.54. The van der Waals surface area contributed by atoms with Gasteiger partial charge in [0.25, 0.3) is 5.91 Å². The molecule has 1 amide bonds. The number of carbonyl (C=O) groups excluding carboxylic acids is 1. The highest BCUT2D eigenvalue weighted by Gasteiger charge is 2.44. The summed E-state index contributed by atoms with van der Waals surface area (Å²) < 4.78 is 56.1. The standard InChI is InChI=1S/C15H12F4N2O3/c16-8-1-2-11-9(5-8)13(22)10(6-20-11)14(23)21-3-4-24-12(7-21)15(17,18)19/h1-2,5-6,12H,3-4,7H2,(H,20,22)/t12-/m0/s1. The number of aromatic nitrogens is 1. The van der Waals surface area contributed by atoms with Gasteiger partial charge in [-0.25, -0.2) is 4.39 Å². The Labute approximate surface area is 132 Å². The Kier molecular flexibility index (Phi) is 4.04. The maximum atomic E-state index is 13.3. The lowest BCUT2D eigenvalue weighted by atomic mass is 10.1. The molecule has 24 heavy (non-hydrogen) atoms. The fourth-order valence-electron chi connectivity index (χ4n) is 2.55. The van der Waals surface area contributed by atoms with Crippen LogP contribution in [0.4, 0.5) is 17.6 Å². The van der Waals surface area contributed by atoms with Gasteiger partial charge in [-0.1, -0.05) is 0 Å². The van der Waals surface area contributed by atoms with E-state index in [9.17, 15) is 27.2 Å². The molecule has 128 valence electrons. The number of pyridine rings is 1. The third-order valence-electron chi connectivity index (χ3n) is 3.79. The Morgan fingerprint density at radius 2 is 2.08 bits per heavy atom. The van der Waals surface area contributed by atoms with Gasteiger partial charge in [-0.15, -0.1) is 0 Å². The summed E-state index contributed by atoms with van der Waals surface area (Å²) in [4.78, 5) is 28.4. The number of hydrogen-bond acceptors (Lipinski definition) is 3. The molecular formula is C15H12F4N2O3. The first-order valence-electron chi connectivity index (χ1n) is 7.06. The summed E-state index contributed by atoms with van der Waals surface area (Å²) in [6.07, 6.45) is -5.56. The number of halogens is 4. The van der Waals surface area contributed by atoms with Crippen molar-refractivity contribution in [2.45, 2.75) is 12.3 Å². The molecule has 9 heteroatoms. The zero-order chi connectivity index (χ0) is 17.5. The summed E-state index contributed by atoms with van der Waals surface area (Å²) in [6.45, 7) is -1.04. The second kappa shape index (κ2) is 5.90. The van der Waals surface area contributed by atoms with E-state index in [0.29, 0.717) is 5.52 Å². The van der Waals surface area contributed by atoms with Crippen LogP contribution in [-0.2, 0) is 4.74 Å². The fourth-order valence-corrected chi connectivity index (χ4v) is 2.55. The van der Waals surface area contributed by atoms with E-state index in [0.717, 1.165) is 23.2 Å². The normalized spacial score (nSPS) is 18.8. The van der Waals surface area contributed by atoms with E-state index in [1.807, 2.05) is 0 Å². The molecule has 3 rings (SSSR count). The predicted molar refractivity (Wildman–Crippen MR) is 76.2 cm³/mol. The number of ether oxygens (including phenoxy) is 1. The molecule has 1 aromatic carbocycles. The van der Waals surface area contributed by atoms with Crippen LogP contribution in [-0.4, -0.2) is 47.8 Å². The van der Waals surface area contributed by atoms with Crippen molar-refractivity contribution in [3.8, 4) is 0 Å². The maximum absolute atomic E-state index is 13.3. The molecule has 0 spiro atoms. The number of H-pyrrole nitrogens is 1. The monoisotopic (exact) mass is 344 g/mol. The van der Waals surface area contributed by atoms with Gasteiger partial charge in [-0.3, -0.25) is 9.59 Å². The van der Waals surface area contributed by atoms with Gasteiger partial charge in [0.2, 0.25) is 5.43 Å². The Morgan fingerprint density at radius 1 is 1.33 bits per heavy atom. The number of nitrogens with zero attached hydrogens (tertiary/aromatic N) is 1. The minimum atomic E-state index is -4.60. The van der Waals surface area contributed by atoms with Crippen LogP contribution in [0.1, 0.15) is 10.4 Å². The highest BCUT2D eigenvalue weighted by atomic mass is 19.4. The first-order valence-corrected chi connectivity index (χ1v) is 7.06. The van der Waals surface area contributed by atoms with Crippen LogP contribution >= 0.6 is 0 Å². The molecule has 0 aliphatic carbocycles. The lowest BCUT2D eigenvalue weighted by Gasteiger charge is -2.33. The number of alkyl halides is 3. The van der Waals surface area contributed by atoms with Crippen molar-refractivity contribution < 1.29 is 27.1 Å². The van der Waals surface area contributed by atoms with E-state index < -0.39 is 36.0 Å². The van der Waals surface area contributed by atoms with Crippen LogP contribution in [0.5, 0.6) is 0 Å². The summed E-state index contributed by atoms with van der Waals surface area (Å²) in [7, 11) is 0. The molecule has 0 unspecified atom stereocenters. The fraction of sp³-hybridized carbons (Fsp3) is 0.333. The van der Waals surface area contributed by atoms with Crippen molar-refractivity contribution in [2.75, 3.05) is 19.7 Å². The Balaban J connectivity index is 1.94. The molecule has 1 N–H and O–H groups in total. The lowest BCUT2D eigenvalue weighted by molar-refractivity contribution is -0.233. The molecular weight excluding hydrogens is 332 g/mol. The summed E-state index contributed by atoms with van der Waals surface area (Å²) in [6, 6.07) is 3.47. The zero-order valence-electron chi connectivity index (χ0n) is 12.2. The molecule has 2 heterocycles. The molecule has 1 atom stereocenters. The van der Waals surface area contributed by atoms with Gasteiger partial charge in [0.05, 0.1) is 13.2 Å². The first-order chi connectivity index (χ1) is 11.3. The van der Waals surface area contributed by atoms with Crippen molar-refractivity contribution in [3.05, 3.63) is 46.0 Å². The third kappa shape index (κ3) is 2.99. The quantitative estimate of drug-likeness (QED) is 0.806. The molecule has 1 fully saturated rings. The smallest absolute Gasteiger partial charge is 0.365 e. The van der Waals surface area contributed by atoms with Crippen LogP contribution in [0.25, 0.3) is 10.9 Å². The van der Waals surface area contributed by atoms with E-state index >= 15 is 0 Å². The van der Waals surface area contributed by atoms with Crippen molar-refractivity contribution in [2.24, 2.45) is 0 Å². The summed E-state index contributed by atoms with van der Waals surface area (Å²) in [5, 5.41) is -0.0403. The van der Waals surface area contributed by atoms with Crippen molar-refractivity contribution in [1.82, 2.24) is 9.88 Å². The predicted octanol–water partition coefficient (Wildman–Crippen LogP) is 2.07. The third-order valence-corrected chi connectivity index (χ3v) is 3.79. The van der Waals surface area contributed by atoms with Gasteiger partial charge in [0, 0.05) is 23.6 Å². The van der Waals surface area contributed by atoms with Gasteiger partial charge < -0.3 is 14.6 Å². The number of morpholine rings is 1. The second-order valence-electron chi connectivity index (χ2n) is 5.37. The minimum Gasteiger partial charge on any atom is -0.365 e. The summed E-state index contributed by atoms with van der Waals surface area (Å²) >= 11 is 0. The Morgan fingerprint density at radius 3 is 2.79 bits per heavy atom. The summed E-state index contributed by atoms with van der Waals surface area (Å²) in [5.41, 5.74) is -0.743. The zero-order valence-corrected chi connectivity index (χ0v) is 12.2.